The molecule has 0 bridgehead atoms. The average Bonchev–Trinajstić information content (AvgIpc) is 2.83. The molecule has 0 N–H and O–H groups in total. The summed E-state index contributed by atoms with van der Waals surface area (Å²) in [7, 11) is 0. The monoisotopic (exact) mass is 478 g/mol. The van der Waals surface area contributed by atoms with Gasteiger partial charge in [0, 0.05) is 12.2 Å². The van der Waals surface area contributed by atoms with Crippen LogP contribution >= 0.6 is 0 Å². The Morgan fingerprint density at radius 2 is 0.706 bits per heavy atom. The van der Waals surface area contributed by atoms with E-state index in [1.807, 2.05) is 0 Å². The molecule has 0 aromatic rings. The third kappa shape index (κ3) is 26.7. The van der Waals surface area contributed by atoms with Crippen molar-refractivity contribution < 1.29 is 19.1 Å². The van der Waals surface area contributed by atoms with Crippen molar-refractivity contribution in [3.63, 3.8) is 0 Å². The highest BCUT2D eigenvalue weighted by atomic mass is 16.5. The Bertz CT molecular complexity index is 464. The first-order chi connectivity index (χ1) is 16.7. The molecule has 4 nitrogen and oxygen atoms in total. The van der Waals surface area contributed by atoms with E-state index in [1.54, 1.807) is 0 Å². The summed E-state index contributed by atoms with van der Waals surface area (Å²) in [6.07, 6.45) is 30.9. The quantitative estimate of drug-likeness (QED) is 0.0568. The number of allylic oxidation sites excluding steroid dienone is 2. The fourth-order valence-electron chi connectivity index (χ4n) is 3.89. The van der Waals surface area contributed by atoms with E-state index in [4.69, 9.17) is 9.47 Å². The van der Waals surface area contributed by atoms with Gasteiger partial charge in [-0.3, -0.25) is 0 Å². The number of unbranched alkanes of at least 4 members (excludes halogenated alkanes) is 18. The summed E-state index contributed by atoms with van der Waals surface area (Å²) in [5.41, 5.74) is 0. The molecule has 0 unspecified atom stereocenters. The Hall–Kier alpha value is -1.58. The van der Waals surface area contributed by atoms with Gasteiger partial charge in [0.05, 0.1) is 13.2 Å². The Kier molecular flexibility index (Phi) is 26.4. The fourth-order valence-corrected chi connectivity index (χ4v) is 3.89. The molecule has 198 valence electrons. The van der Waals surface area contributed by atoms with Gasteiger partial charge in [0.15, 0.2) is 0 Å². The van der Waals surface area contributed by atoms with Crippen LogP contribution in [0.2, 0.25) is 0 Å². The van der Waals surface area contributed by atoms with Crippen LogP contribution in [0.4, 0.5) is 0 Å². The summed E-state index contributed by atoms with van der Waals surface area (Å²) in [6, 6.07) is 0. The van der Waals surface area contributed by atoms with E-state index in [2.05, 4.69) is 13.8 Å². The van der Waals surface area contributed by atoms with Crippen LogP contribution in [0.5, 0.6) is 0 Å². The number of hydrogen-bond donors (Lipinski definition) is 0. The number of carbonyl (C=O) groups excluding carboxylic acids is 2. The average molecular weight is 479 g/mol. The van der Waals surface area contributed by atoms with Gasteiger partial charge in [-0.2, -0.15) is 0 Å². The molecule has 0 saturated carbocycles. The summed E-state index contributed by atoms with van der Waals surface area (Å²) in [5, 5.41) is 0. The maximum absolute atomic E-state index is 11.7. The number of hydrogen-bond acceptors (Lipinski definition) is 4. The predicted octanol–water partition coefficient (Wildman–Crippen LogP) is 9.03. The van der Waals surface area contributed by atoms with E-state index in [9.17, 15) is 9.59 Å². The van der Waals surface area contributed by atoms with Crippen LogP contribution < -0.4 is 0 Å². The molecule has 0 heterocycles. The highest BCUT2D eigenvalue weighted by Crippen LogP contribution is 2.11. The minimum Gasteiger partial charge on any atom is -0.463 e. The lowest BCUT2D eigenvalue weighted by Crippen LogP contribution is -2.03. The van der Waals surface area contributed by atoms with Crippen LogP contribution in [0.3, 0.4) is 0 Å². The summed E-state index contributed by atoms with van der Waals surface area (Å²) < 4.78 is 10.4. The van der Waals surface area contributed by atoms with E-state index in [-0.39, 0.29) is 11.9 Å². The molecule has 0 spiro atoms. The molecular formula is C30H54O4. The molecule has 0 aliphatic heterocycles. The molecule has 4 heteroatoms. The van der Waals surface area contributed by atoms with Crippen molar-refractivity contribution in [2.75, 3.05) is 13.2 Å². The minimum absolute atomic E-state index is 0.362. The summed E-state index contributed by atoms with van der Waals surface area (Å²) >= 11 is 0. The highest BCUT2D eigenvalue weighted by Gasteiger charge is 1.99. The Balaban J connectivity index is 3.46. The van der Waals surface area contributed by atoms with Crippen LogP contribution in [-0.4, -0.2) is 25.2 Å². The molecule has 0 aliphatic rings. The molecule has 0 aromatic carbocycles. The molecule has 0 aromatic heterocycles. The molecule has 0 atom stereocenters. The van der Waals surface area contributed by atoms with Gasteiger partial charge in [-0.25, -0.2) is 9.59 Å². The third-order valence-corrected chi connectivity index (χ3v) is 6.06. The second-order valence-electron chi connectivity index (χ2n) is 9.42. The van der Waals surface area contributed by atoms with E-state index in [1.165, 1.54) is 127 Å². The Morgan fingerprint density at radius 3 is 1.00 bits per heavy atom. The molecule has 0 amide bonds. The zero-order valence-electron chi connectivity index (χ0n) is 22.5. The van der Waals surface area contributed by atoms with Crippen molar-refractivity contribution in [3.8, 4) is 0 Å². The molecule has 0 saturated heterocycles. The van der Waals surface area contributed by atoms with Gasteiger partial charge in [-0.15, -0.1) is 0 Å². The maximum Gasteiger partial charge on any atom is 0.330 e. The Morgan fingerprint density at radius 1 is 0.441 bits per heavy atom. The van der Waals surface area contributed by atoms with Gasteiger partial charge in [0.1, 0.15) is 0 Å². The van der Waals surface area contributed by atoms with Crippen LogP contribution in [0.1, 0.15) is 142 Å². The van der Waals surface area contributed by atoms with Gasteiger partial charge < -0.3 is 9.47 Å². The first-order valence-corrected chi connectivity index (χ1v) is 14.4. The van der Waals surface area contributed by atoms with Crippen molar-refractivity contribution in [1.82, 2.24) is 0 Å². The van der Waals surface area contributed by atoms with Gasteiger partial charge in [-0.1, -0.05) is 142 Å². The van der Waals surface area contributed by atoms with Crippen molar-refractivity contribution in [3.05, 3.63) is 24.3 Å². The molecule has 0 aliphatic carbocycles. The lowest BCUT2D eigenvalue weighted by Gasteiger charge is -2.03. The van der Waals surface area contributed by atoms with Gasteiger partial charge in [0.25, 0.3) is 0 Å². The van der Waals surface area contributed by atoms with Gasteiger partial charge in [-0.05, 0) is 12.8 Å². The number of rotatable bonds is 25. The number of carbonyl (C=O) groups is 2. The molecule has 0 fully saturated rings. The standard InChI is InChI=1S/C30H54O4/c1-3-5-7-9-11-13-15-17-19-23-27-33-29(31)25-21-22-26-30(32)34-28-24-20-18-16-14-12-10-8-6-4-2/h21-22,25-26H,3-20,23-24,27-28H2,1-2H3. The lowest BCUT2D eigenvalue weighted by atomic mass is 10.1. The molecule has 0 rings (SSSR count). The second kappa shape index (κ2) is 27.7. The summed E-state index contributed by atoms with van der Waals surface area (Å²) in [4.78, 5) is 23.3. The van der Waals surface area contributed by atoms with Crippen LogP contribution in [-0.2, 0) is 19.1 Å². The fraction of sp³-hybridized carbons (Fsp3) is 0.800. The number of ether oxygens (including phenoxy) is 2. The van der Waals surface area contributed by atoms with Crippen molar-refractivity contribution in [1.29, 1.82) is 0 Å². The van der Waals surface area contributed by atoms with E-state index >= 15 is 0 Å². The van der Waals surface area contributed by atoms with Crippen molar-refractivity contribution >= 4 is 11.9 Å². The van der Waals surface area contributed by atoms with Crippen molar-refractivity contribution in [2.24, 2.45) is 0 Å². The molecule has 34 heavy (non-hydrogen) atoms. The Labute approximate surface area is 210 Å². The first-order valence-electron chi connectivity index (χ1n) is 14.4. The SMILES string of the molecule is CCCCCCCCCCCCOC(=O)C=CC=CC(=O)OCCCCCCCCCCCC. The topological polar surface area (TPSA) is 52.6 Å². The lowest BCUT2D eigenvalue weighted by molar-refractivity contribution is -0.138. The summed E-state index contributed by atoms with van der Waals surface area (Å²) in [5.74, 6) is -0.724. The van der Waals surface area contributed by atoms with Crippen LogP contribution in [0.25, 0.3) is 0 Å². The predicted molar refractivity (Wildman–Crippen MR) is 144 cm³/mol. The van der Waals surface area contributed by atoms with E-state index < -0.39 is 0 Å². The minimum atomic E-state index is -0.362. The maximum atomic E-state index is 11.7. The molecule has 0 radical (unpaired) electrons. The van der Waals surface area contributed by atoms with Crippen LogP contribution in [0.15, 0.2) is 24.3 Å². The van der Waals surface area contributed by atoms with Gasteiger partial charge >= 0.3 is 11.9 Å². The first kappa shape index (κ1) is 32.4. The van der Waals surface area contributed by atoms with Gasteiger partial charge in [0.2, 0.25) is 0 Å². The van der Waals surface area contributed by atoms with Crippen molar-refractivity contribution in [2.45, 2.75) is 142 Å². The zero-order chi connectivity index (χ0) is 25.0. The van der Waals surface area contributed by atoms with E-state index in [0.29, 0.717) is 13.2 Å². The third-order valence-electron chi connectivity index (χ3n) is 6.06. The molecular weight excluding hydrogens is 424 g/mol. The zero-order valence-corrected chi connectivity index (χ0v) is 22.5. The number of esters is 2. The smallest absolute Gasteiger partial charge is 0.330 e. The highest BCUT2D eigenvalue weighted by molar-refractivity contribution is 5.84. The summed E-state index contributed by atoms with van der Waals surface area (Å²) in [6.45, 7) is 5.42. The second-order valence-corrected chi connectivity index (χ2v) is 9.42. The largest absolute Gasteiger partial charge is 0.463 e. The van der Waals surface area contributed by atoms with E-state index in [0.717, 1.165) is 25.7 Å². The normalized spacial score (nSPS) is 11.5. The van der Waals surface area contributed by atoms with Crippen LogP contribution in [0, 0.1) is 0 Å².